The van der Waals surface area contributed by atoms with Crippen molar-refractivity contribution in [1.29, 1.82) is 0 Å². The van der Waals surface area contributed by atoms with Crippen LogP contribution in [0.2, 0.25) is 0 Å². The highest BCUT2D eigenvalue weighted by atomic mass is 16.7. The molecule has 1 aromatic heterocycles. The van der Waals surface area contributed by atoms with Crippen molar-refractivity contribution in [2.75, 3.05) is 13.2 Å². The molecule has 2 aromatic carbocycles. The minimum Gasteiger partial charge on any atom is -0.483 e. The normalized spacial score (nSPS) is 16.4. The molecule has 7 nitrogen and oxygen atoms in total. The summed E-state index contributed by atoms with van der Waals surface area (Å²) in [5.41, 5.74) is 2.24. The molecule has 184 valence electrons. The lowest BCUT2D eigenvalue weighted by Crippen LogP contribution is -2.30. The third-order valence-corrected chi connectivity index (χ3v) is 5.90. The van der Waals surface area contributed by atoms with E-state index in [0.717, 1.165) is 30.4 Å². The van der Waals surface area contributed by atoms with Crippen LogP contribution in [0.5, 0.6) is 5.75 Å². The Morgan fingerprint density at radius 2 is 1.83 bits per heavy atom. The minimum absolute atomic E-state index is 0.111. The molecule has 3 aromatic rings. The Morgan fingerprint density at radius 3 is 2.51 bits per heavy atom. The highest BCUT2D eigenvalue weighted by Gasteiger charge is 2.29. The van der Waals surface area contributed by atoms with Gasteiger partial charge in [0, 0.05) is 38.9 Å². The Kier molecular flexibility index (Phi) is 8.70. The molecule has 2 unspecified atom stereocenters. The predicted molar refractivity (Wildman–Crippen MR) is 133 cm³/mol. The van der Waals surface area contributed by atoms with Gasteiger partial charge in [0.05, 0.1) is 5.69 Å². The lowest BCUT2D eigenvalue weighted by Gasteiger charge is -2.30. The first-order valence-electron chi connectivity index (χ1n) is 12.1. The molecule has 1 aliphatic heterocycles. The maximum absolute atomic E-state index is 13.1. The summed E-state index contributed by atoms with van der Waals surface area (Å²) in [6, 6.07) is 21.0. The summed E-state index contributed by atoms with van der Waals surface area (Å²) >= 11 is 0. The molecular formula is C28H32N2O5. The molecule has 2 atom stereocenters. The standard InChI is InChI=1S/C28H32N2O5/c1-21(31)29-16-18-30-17-15-24(32)28(34-20-22-10-4-2-5-11-22)26(30)27(23-12-6-3-7-13-23)35-25-14-8-9-19-33-25/h2-7,10-13,15,17,25,27H,8-9,14,16,18-20H2,1H3,(H,29,31). The number of hydrogen-bond acceptors (Lipinski definition) is 5. The van der Waals surface area contributed by atoms with Crippen molar-refractivity contribution in [1.82, 2.24) is 9.88 Å². The van der Waals surface area contributed by atoms with Gasteiger partial charge in [-0.1, -0.05) is 60.7 Å². The Balaban J connectivity index is 1.75. The average molecular weight is 477 g/mol. The van der Waals surface area contributed by atoms with Gasteiger partial charge in [-0.15, -0.1) is 0 Å². The van der Waals surface area contributed by atoms with Crippen molar-refractivity contribution in [2.24, 2.45) is 0 Å². The number of nitrogens with one attached hydrogen (secondary N) is 1. The molecular weight excluding hydrogens is 444 g/mol. The van der Waals surface area contributed by atoms with Gasteiger partial charge in [0.2, 0.25) is 11.3 Å². The van der Waals surface area contributed by atoms with Crippen LogP contribution in [0.15, 0.2) is 77.7 Å². The average Bonchev–Trinajstić information content (AvgIpc) is 2.89. The molecule has 35 heavy (non-hydrogen) atoms. The van der Waals surface area contributed by atoms with Crippen LogP contribution in [0, 0.1) is 0 Å². The zero-order valence-electron chi connectivity index (χ0n) is 20.0. The van der Waals surface area contributed by atoms with Crippen LogP contribution in [0.3, 0.4) is 0 Å². The fraction of sp³-hybridized carbons (Fsp3) is 0.357. The highest BCUT2D eigenvalue weighted by molar-refractivity contribution is 5.72. The molecule has 7 heteroatoms. The molecule has 1 fully saturated rings. The van der Waals surface area contributed by atoms with E-state index in [2.05, 4.69) is 5.32 Å². The fourth-order valence-electron chi connectivity index (χ4n) is 4.16. The van der Waals surface area contributed by atoms with Gasteiger partial charge in [-0.25, -0.2) is 0 Å². The Bertz CT molecular complexity index is 1140. The topological polar surface area (TPSA) is 78.8 Å². The number of nitrogens with zero attached hydrogens (tertiary/aromatic N) is 1. The number of ether oxygens (including phenoxy) is 3. The summed E-state index contributed by atoms with van der Waals surface area (Å²) in [4.78, 5) is 24.6. The maximum atomic E-state index is 13.1. The molecule has 0 saturated carbocycles. The van der Waals surface area contributed by atoms with E-state index < -0.39 is 6.10 Å². The molecule has 1 saturated heterocycles. The Labute approximate surface area is 205 Å². The van der Waals surface area contributed by atoms with Crippen molar-refractivity contribution >= 4 is 5.91 Å². The van der Waals surface area contributed by atoms with Gasteiger partial charge in [-0.05, 0) is 30.4 Å². The first kappa shape index (κ1) is 24.7. The van der Waals surface area contributed by atoms with Crippen LogP contribution in [-0.4, -0.2) is 29.9 Å². The van der Waals surface area contributed by atoms with Gasteiger partial charge in [0.15, 0.2) is 12.0 Å². The second kappa shape index (κ2) is 12.3. The Hall–Kier alpha value is -3.42. The molecule has 0 bridgehead atoms. The summed E-state index contributed by atoms with van der Waals surface area (Å²) in [6.07, 6.45) is 3.58. The third kappa shape index (κ3) is 6.81. The van der Waals surface area contributed by atoms with E-state index in [1.807, 2.05) is 65.2 Å². The van der Waals surface area contributed by atoms with E-state index in [0.29, 0.717) is 25.4 Å². The van der Waals surface area contributed by atoms with Gasteiger partial charge in [-0.2, -0.15) is 0 Å². The molecule has 0 spiro atoms. The van der Waals surface area contributed by atoms with Crippen LogP contribution in [0.1, 0.15) is 49.1 Å². The minimum atomic E-state index is -0.587. The fourth-order valence-corrected chi connectivity index (χ4v) is 4.16. The summed E-state index contributed by atoms with van der Waals surface area (Å²) in [5, 5.41) is 2.83. The molecule has 4 rings (SSSR count). The van der Waals surface area contributed by atoms with E-state index in [1.165, 1.54) is 13.0 Å². The number of aromatic nitrogens is 1. The maximum Gasteiger partial charge on any atom is 0.223 e. The number of carbonyl (C=O) groups is 1. The van der Waals surface area contributed by atoms with Crippen molar-refractivity contribution in [3.05, 3.63) is 100.0 Å². The smallest absolute Gasteiger partial charge is 0.223 e. The van der Waals surface area contributed by atoms with Crippen molar-refractivity contribution in [2.45, 2.75) is 51.7 Å². The lowest BCUT2D eigenvalue weighted by molar-refractivity contribution is -0.182. The summed E-state index contributed by atoms with van der Waals surface area (Å²) < 4.78 is 20.5. The molecule has 1 amide bonds. The number of amides is 1. The summed E-state index contributed by atoms with van der Waals surface area (Å²) in [7, 11) is 0. The molecule has 2 heterocycles. The van der Waals surface area contributed by atoms with Crippen molar-refractivity contribution in [3.63, 3.8) is 0 Å². The predicted octanol–water partition coefficient (Wildman–Crippen LogP) is 4.20. The number of hydrogen-bond donors (Lipinski definition) is 1. The SMILES string of the molecule is CC(=O)NCCn1ccc(=O)c(OCc2ccccc2)c1C(OC1CCCCO1)c1ccccc1. The lowest BCUT2D eigenvalue weighted by atomic mass is 10.0. The van der Waals surface area contributed by atoms with Gasteiger partial charge >= 0.3 is 0 Å². The summed E-state index contributed by atoms with van der Waals surface area (Å²) in [6.45, 7) is 3.24. The second-order valence-corrected chi connectivity index (χ2v) is 8.57. The van der Waals surface area contributed by atoms with Gasteiger partial charge in [0.25, 0.3) is 0 Å². The molecule has 0 aliphatic carbocycles. The number of rotatable bonds is 10. The van der Waals surface area contributed by atoms with Crippen LogP contribution >= 0.6 is 0 Å². The summed E-state index contributed by atoms with van der Waals surface area (Å²) in [5.74, 6) is 0.128. The quantitative estimate of drug-likeness (QED) is 0.475. The van der Waals surface area contributed by atoms with Gasteiger partial charge in [0.1, 0.15) is 12.7 Å². The van der Waals surface area contributed by atoms with E-state index in [-0.39, 0.29) is 30.0 Å². The van der Waals surface area contributed by atoms with Crippen LogP contribution in [-0.2, 0) is 27.4 Å². The zero-order valence-corrected chi connectivity index (χ0v) is 20.0. The third-order valence-electron chi connectivity index (χ3n) is 5.90. The van der Waals surface area contributed by atoms with Crippen LogP contribution in [0.4, 0.5) is 0 Å². The van der Waals surface area contributed by atoms with Crippen LogP contribution < -0.4 is 15.5 Å². The first-order valence-corrected chi connectivity index (χ1v) is 12.1. The Morgan fingerprint density at radius 1 is 1.09 bits per heavy atom. The van der Waals surface area contributed by atoms with E-state index in [9.17, 15) is 9.59 Å². The monoisotopic (exact) mass is 476 g/mol. The van der Waals surface area contributed by atoms with Crippen LogP contribution in [0.25, 0.3) is 0 Å². The number of carbonyl (C=O) groups excluding carboxylic acids is 1. The van der Waals surface area contributed by atoms with E-state index in [1.54, 1.807) is 6.20 Å². The largest absolute Gasteiger partial charge is 0.483 e. The zero-order chi connectivity index (χ0) is 24.5. The van der Waals surface area contributed by atoms with Crippen molar-refractivity contribution in [3.8, 4) is 5.75 Å². The molecule has 1 N–H and O–H groups in total. The number of benzene rings is 2. The van der Waals surface area contributed by atoms with E-state index >= 15 is 0 Å². The van der Waals surface area contributed by atoms with E-state index in [4.69, 9.17) is 14.2 Å². The van der Waals surface area contributed by atoms with Gasteiger partial charge < -0.3 is 24.1 Å². The molecule has 1 aliphatic rings. The van der Waals surface area contributed by atoms with Gasteiger partial charge in [-0.3, -0.25) is 9.59 Å². The second-order valence-electron chi connectivity index (χ2n) is 8.57. The first-order chi connectivity index (χ1) is 17.1. The van der Waals surface area contributed by atoms with Crippen molar-refractivity contribution < 1.29 is 19.0 Å². The number of pyridine rings is 1. The highest BCUT2D eigenvalue weighted by Crippen LogP contribution is 2.34. The molecule has 0 radical (unpaired) electrons.